The fourth-order valence-electron chi connectivity index (χ4n) is 5.07. The Labute approximate surface area is 113 Å². The van der Waals surface area contributed by atoms with Gasteiger partial charge in [0.1, 0.15) is 5.01 Å². The highest BCUT2D eigenvalue weighted by Crippen LogP contribution is 2.59. The molecule has 0 aromatic carbocycles. The SMILES string of the molecule is CC(N)c1nc(C2C3CC4CC(C3)CC2C4)cs1. The molecule has 98 valence electrons. The van der Waals surface area contributed by atoms with Crippen LogP contribution in [-0.4, -0.2) is 4.98 Å². The van der Waals surface area contributed by atoms with Crippen molar-refractivity contribution in [3.63, 3.8) is 0 Å². The van der Waals surface area contributed by atoms with Crippen molar-refractivity contribution >= 4 is 11.3 Å². The number of aromatic nitrogens is 1. The average molecular weight is 262 g/mol. The van der Waals surface area contributed by atoms with E-state index in [1.165, 1.54) is 37.8 Å². The van der Waals surface area contributed by atoms with Gasteiger partial charge in [0.25, 0.3) is 0 Å². The number of nitrogens with zero attached hydrogens (tertiary/aromatic N) is 1. The number of thiazole rings is 1. The first-order chi connectivity index (χ1) is 8.70. The van der Waals surface area contributed by atoms with Gasteiger partial charge in [-0.3, -0.25) is 0 Å². The zero-order chi connectivity index (χ0) is 12.3. The Hall–Kier alpha value is -0.410. The predicted octanol–water partition coefficient (Wildman–Crippen LogP) is 3.70. The first-order valence-corrected chi connectivity index (χ1v) is 8.29. The van der Waals surface area contributed by atoms with Gasteiger partial charge in [0.2, 0.25) is 0 Å². The van der Waals surface area contributed by atoms with Crippen molar-refractivity contribution in [3.05, 3.63) is 16.1 Å². The van der Waals surface area contributed by atoms with Crippen molar-refractivity contribution in [1.29, 1.82) is 0 Å². The molecule has 18 heavy (non-hydrogen) atoms. The Morgan fingerprint density at radius 1 is 1.17 bits per heavy atom. The van der Waals surface area contributed by atoms with E-state index in [9.17, 15) is 0 Å². The maximum atomic E-state index is 5.95. The van der Waals surface area contributed by atoms with Crippen LogP contribution in [-0.2, 0) is 0 Å². The second-order valence-electron chi connectivity index (χ2n) is 6.86. The Kier molecular flexibility index (Phi) is 2.56. The van der Waals surface area contributed by atoms with Crippen molar-refractivity contribution in [2.24, 2.45) is 29.4 Å². The first-order valence-electron chi connectivity index (χ1n) is 7.41. The molecule has 0 spiro atoms. The van der Waals surface area contributed by atoms with Crippen LogP contribution in [0.15, 0.2) is 5.38 Å². The smallest absolute Gasteiger partial charge is 0.109 e. The monoisotopic (exact) mass is 262 g/mol. The summed E-state index contributed by atoms with van der Waals surface area (Å²) in [6.45, 7) is 2.04. The van der Waals surface area contributed by atoms with E-state index >= 15 is 0 Å². The molecular formula is C15H22N2S. The number of nitrogens with two attached hydrogens (primary N) is 1. The minimum absolute atomic E-state index is 0.0978. The summed E-state index contributed by atoms with van der Waals surface area (Å²) in [6, 6.07) is 0.0978. The molecule has 2 N–H and O–H groups in total. The maximum absolute atomic E-state index is 5.95. The van der Waals surface area contributed by atoms with Crippen LogP contribution in [0.25, 0.3) is 0 Å². The molecule has 4 aliphatic rings. The minimum Gasteiger partial charge on any atom is -0.322 e. The fourth-order valence-corrected chi connectivity index (χ4v) is 5.90. The third kappa shape index (κ3) is 1.67. The molecule has 4 saturated carbocycles. The lowest BCUT2D eigenvalue weighted by Gasteiger charge is -2.54. The highest BCUT2D eigenvalue weighted by Gasteiger charge is 2.49. The molecule has 1 unspecified atom stereocenters. The molecule has 4 aliphatic carbocycles. The Morgan fingerprint density at radius 2 is 1.78 bits per heavy atom. The molecule has 4 fully saturated rings. The van der Waals surface area contributed by atoms with Gasteiger partial charge in [0.05, 0.1) is 11.7 Å². The molecule has 1 aromatic heterocycles. The zero-order valence-corrected chi connectivity index (χ0v) is 11.8. The van der Waals surface area contributed by atoms with E-state index in [1.807, 2.05) is 6.92 Å². The molecule has 2 nitrogen and oxygen atoms in total. The summed E-state index contributed by atoms with van der Waals surface area (Å²) in [4.78, 5) is 4.85. The third-order valence-corrected chi connectivity index (χ3v) is 6.56. The number of rotatable bonds is 2. The van der Waals surface area contributed by atoms with Crippen LogP contribution in [0.1, 0.15) is 61.7 Å². The molecule has 1 heterocycles. The Morgan fingerprint density at radius 3 is 2.28 bits per heavy atom. The average Bonchev–Trinajstić information content (AvgIpc) is 2.77. The van der Waals surface area contributed by atoms with Crippen LogP contribution in [0.3, 0.4) is 0 Å². The quantitative estimate of drug-likeness (QED) is 0.882. The molecule has 1 atom stereocenters. The highest BCUT2D eigenvalue weighted by atomic mass is 32.1. The summed E-state index contributed by atoms with van der Waals surface area (Å²) in [7, 11) is 0. The predicted molar refractivity (Wildman–Crippen MR) is 74.5 cm³/mol. The van der Waals surface area contributed by atoms with E-state index in [2.05, 4.69) is 5.38 Å². The van der Waals surface area contributed by atoms with E-state index in [0.29, 0.717) is 0 Å². The first kappa shape index (κ1) is 11.4. The van der Waals surface area contributed by atoms with Gasteiger partial charge in [-0.2, -0.15) is 0 Å². The van der Waals surface area contributed by atoms with Crippen LogP contribution in [0.2, 0.25) is 0 Å². The molecule has 4 bridgehead atoms. The maximum Gasteiger partial charge on any atom is 0.109 e. The van der Waals surface area contributed by atoms with Crippen molar-refractivity contribution < 1.29 is 0 Å². The van der Waals surface area contributed by atoms with Crippen molar-refractivity contribution in [2.45, 2.75) is 51.0 Å². The summed E-state index contributed by atoms with van der Waals surface area (Å²) in [6.07, 6.45) is 7.43. The summed E-state index contributed by atoms with van der Waals surface area (Å²) in [5.74, 6) is 4.74. The lowest BCUT2D eigenvalue weighted by molar-refractivity contribution is -0.00400. The highest BCUT2D eigenvalue weighted by molar-refractivity contribution is 7.09. The van der Waals surface area contributed by atoms with Gasteiger partial charge in [-0.1, -0.05) is 0 Å². The zero-order valence-electron chi connectivity index (χ0n) is 11.0. The Balaban J connectivity index is 1.64. The van der Waals surface area contributed by atoms with Crippen LogP contribution in [0, 0.1) is 23.7 Å². The molecule has 0 amide bonds. The van der Waals surface area contributed by atoms with Gasteiger partial charge >= 0.3 is 0 Å². The van der Waals surface area contributed by atoms with Gasteiger partial charge < -0.3 is 5.73 Å². The van der Waals surface area contributed by atoms with Crippen LogP contribution in [0.4, 0.5) is 0 Å². The summed E-state index contributed by atoms with van der Waals surface area (Å²) in [5, 5.41) is 3.42. The molecule has 0 saturated heterocycles. The van der Waals surface area contributed by atoms with E-state index in [1.54, 1.807) is 11.3 Å². The molecule has 3 heteroatoms. The van der Waals surface area contributed by atoms with Gasteiger partial charge in [0, 0.05) is 11.3 Å². The second kappa shape index (κ2) is 4.04. The van der Waals surface area contributed by atoms with E-state index in [-0.39, 0.29) is 6.04 Å². The van der Waals surface area contributed by atoms with Gasteiger partial charge in [-0.25, -0.2) is 4.98 Å². The summed E-state index contributed by atoms with van der Waals surface area (Å²) in [5.41, 5.74) is 7.33. The van der Waals surface area contributed by atoms with Crippen molar-refractivity contribution in [3.8, 4) is 0 Å². The third-order valence-electron chi connectivity index (χ3n) is 5.50. The van der Waals surface area contributed by atoms with Crippen LogP contribution < -0.4 is 5.73 Å². The molecular weight excluding hydrogens is 240 g/mol. The van der Waals surface area contributed by atoms with Crippen LogP contribution in [0.5, 0.6) is 0 Å². The Bertz CT molecular complexity index is 423. The van der Waals surface area contributed by atoms with E-state index in [0.717, 1.165) is 34.6 Å². The topological polar surface area (TPSA) is 38.9 Å². The van der Waals surface area contributed by atoms with Gasteiger partial charge in [0.15, 0.2) is 0 Å². The summed E-state index contributed by atoms with van der Waals surface area (Å²) < 4.78 is 0. The van der Waals surface area contributed by atoms with E-state index < -0.39 is 0 Å². The minimum atomic E-state index is 0.0978. The normalized spacial score (nSPS) is 43.3. The lowest BCUT2D eigenvalue weighted by Crippen LogP contribution is -2.43. The fraction of sp³-hybridized carbons (Fsp3) is 0.800. The lowest BCUT2D eigenvalue weighted by atomic mass is 9.51. The molecule has 5 rings (SSSR count). The second-order valence-corrected chi connectivity index (χ2v) is 7.75. The molecule has 1 aromatic rings. The number of hydrogen-bond donors (Lipinski definition) is 1. The van der Waals surface area contributed by atoms with Crippen molar-refractivity contribution in [2.75, 3.05) is 0 Å². The van der Waals surface area contributed by atoms with Gasteiger partial charge in [-0.05, 0) is 62.7 Å². The van der Waals surface area contributed by atoms with Crippen molar-refractivity contribution in [1.82, 2.24) is 4.98 Å². The van der Waals surface area contributed by atoms with E-state index in [4.69, 9.17) is 10.7 Å². The summed E-state index contributed by atoms with van der Waals surface area (Å²) >= 11 is 1.77. The van der Waals surface area contributed by atoms with Crippen LogP contribution >= 0.6 is 11.3 Å². The molecule has 0 radical (unpaired) electrons. The van der Waals surface area contributed by atoms with Gasteiger partial charge in [-0.15, -0.1) is 11.3 Å². The standard InChI is InChI=1S/C15H22N2S/c1-8(16)15-17-13(7-18-15)14-11-3-9-2-10(5-11)6-12(14)4-9/h7-12,14H,2-6,16H2,1H3. The number of hydrogen-bond acceptors (Lipinski definition) is 3. The molecule has 0 aliphatic heterocycles. The largest absolute Gasteiger partial charge is 0.322 e.